The molecule has 0 radical (unpaired) electrons. The molecule has 0 fully saturated rings. The monoisotopic (exact) mass is 319 g/mol. The Hall–Kier alpha value is -1.30. The number of halogens is 2. The molecule has 0 heterocycles. The minimum absolute atomic E-state index is 0. The highest BCUT2D eigenvalue weighted by Crippen LogP contribution is 2.14. The molecule has 0 aliphatic carbocycles. The quantitative estimate of drug-likeness (QED) is 0.840. The molecular weight excluding hydrogens is 301 g/mol. The van der Waals surface area contributed by atoms with Gasteiger partial charge in [-0.25, -0.2) is 0 Å². The molecule has 0 atom stereocenters. The average Bonchev–Trinajstić information content (AvgIpc) is 2.35. The van der Waals surface area contributed by atoms with E-state index in [9.17, 15) is 9.59 Å². The van der Waals surface area contributed by atoms with Crippen molar-refractivity contribution in [3.63, 3.8) is 0 Å². The Kier molecular flexibility index (Phi) is 8.96. The lowest BCUT2D eigenvalue weighted by atomic mass is 10.3. The lowest BCUT2D eigenvalue weighted by Gasteiger charge is -2.16. The zero-order valence-corrected chi connectivity index (χ0v) is 13.1. The van der Waals surface area contributed by atoms with Crippen LogP contribution in [0.1, 0.15) is 6.42 Å². The standard InChI is InChI=1S/C13H18ClN3O2.ClH/c1-15-7-6-13(19)17(2)9-12(18)16-11-5-3-4-10(14)8-11;/h3-5,8,15H,6-7,9H2,1-2H3,(H,16,18);1H. The molecule has 0 aromatic heterocycles. The van der Waals surface area contributed by atoms with Crippen molar-refractivity contribution in [1.82, 2.24) is 10.2 Å². The Morgan fingerprint density at radius 1 is 1.35 bits per heavy atom. The molecule has 0 bridgehead atoms. The first kappa shape index (κ1) is 18.7. The summed E-state index contributed by atoms with van der Waals surface area (Å²) in [6.07, 6.45) is 0.372. The van der Waals surface area contributed by atoms with Crippen LogP contribution in [-0.4, -0.2) is 43.9 Å². The Morgan fingerprint density at radius 2 is 2.05 bits per heavy atom. The van der Waals surface area contributed by atoms with Gasteiger partial charge in [-0.3, -0.25) is 9.59 Å². The molecule has 112 valence electrons. The van der Waals surface area contributed by atoms with Crippen LogP contribution in [0.25, 0.3) is 0 Å². The summed E-state index contributed by atoms with van der Waals surface area (Å²) in [5.74, 6) is -0.321. The zero-order valence-electron chi connectivity index (χ0n) is 11.5. The second-order valence-corrected chi connectivity index (χ2v) is 4.60. The highest BCUT2D eigenvalue weighted by Gasteiger charge is 2.12. The number of likely N-dealkylation sites (N-methyl/N-ethyl adjacent to an activating group) is 1. The number of amides is 2. The van der Waals surface area contributed by atoms with Crippen molar-refractivity contribution >= 4 is 41.5 Å². The van der Waals surface area contributed by atoms with Gasteiger partial charge in [-0.1, -0.05) is 17.7 Å². The third-order valence-corrected chi connectivity index (χ3v) is 2.74. The molecule has 1 aromatic carbocycles. The van der Waals surface area contributed by atoms with Crippen LogP contribution < -0.4 is 10.6 Å². The fraction of sp³-hybridized carbons (Fsp3) is 0.385. The third-order valence-electron chi connectivity index (χ3n) is 2.50. The highest BCUT2D eigenvalue weighted by molar-refractivity contribution is 6.30. The van der Waals surface area contributed by atoms with E-state index in [0.717, 1.165) is 0 Å². The van der Waals surface area contributed by atoms with E-state index >= 15 is 0 Å². The number of hydrogen-bond acceptors (Lipinski definition) is 3. The topological polar surface area (TPSA) is 61.4 Å². The number of nitrogens with zero attached hydrogens (tertiary/aromatic N) is 1. The summed E-state index contributed by atoms with van der Waals surface area (Å²) >= 11 is 5.82. The van der Waals surface area contributed by atoms with Gasteiger partial charge >= 0.3 is 0 Å². The van der Waals surface area contributed by atoms with Gasteiger partial charge in [-0.15, -0.1) is 12.4 Å². The van der Waals surface area contributed by atoms with E-state index in [2.05, 4.69) is 10.6 Å². The maximum Gasteiger partial charge on any atom is 0.243 e. The van der Waals surface area contributed by atoms with Crippen molar-refractivity contribution in [3.05, 3.63) is 29.3 Å². The number of hydrogen-bond donors (Lipinski definition) is 2. The molecule has 0 spiro atoms. The minimum Gasteiger partial charge on any atom is -0.336 e. The van der Waals surface area contributed by atoms with E-state index in [4.69, 9.17) is 11.6 Å². The van der Waals surface area contributed by atoms with Crippen molar-refractivity contribution in [2.45, 2.75) is 6.42 Å². The van der Waals surface area contributed by atoms with Crippen molar-refractivity contribution in [2.24, 2.45) is 0 Å². The van der Waals surface area contributed by atoms with Gasteiger partial charge in [0.05, 0.1) is 6.54 Å². The molecule has 0 unspecified atom stereocenters. The van der Waals surface area contributed by atoms with Gasteiger partial charge in [0.25, 0.3) is 0 Å². The third kappa shape index (κ3) is 6.75. The van der Waals surface area contributed by atoms with Crippen LogP contribution >= 0.6 is 24.0 Å². The average molecular weight is 320 g/mol. The summed E-state index contributed by atoms with van der Waals surface area (Å²) in [6, 6.07) is 6.87. The van der Waals surface area contributed by atoms with Crippen molar-refractivity contribution in [1.29, 1.82) is 0 Å². The van der Waals surface area contributed by atoms with Gasteiger partial charge in [-0.05, 0) is 25.2 Å². The maximum atomic E-state index is 11.7. The van der Waals surface area contributed by atoms with Gasteiger partial charge in [0, 0.05) is 30.7 Å². The van der Waals surface area contributed by atoms with Crippen LogP contribution in [0.4, 0.5) is 5.69 Å². The van der Waals surface area contributed by atoms with Crippen LogP contribution in [0.2, 0.25) is 5.02 Å². The fourth-order valence-electron chi connectivity index (χ4n) is 1.49. The Morgan fingerprint density at radius 3 is 2.65 bits per heavy atom. The molecule has 5 nitrogen and oxygen atoms in total. The van der Waals surface area contributed by atoms with Gasteiger partial charge in [0.2, 0.25) is 11.8 Å². The van der Waals surface area contributed by atoms with E-state index in [1.807, 2.05) is 0 Å². The fourth-order valence-corrected chi connectivity index (χ4v) is 1.68. The van der Waals surface area contributed by atoms with E-state index in [-0.39, 0.29) is 30.8 Å². The first-order valence-electron chi connectivity index (χ1n) is 5.97. The molecule has 1 rings (SSSR count). The zero-order chi connectivity index (χ0) is 14.3. The number of benzene rings is 1. The minimum atomic E-state index is -0.248. The van der Waals surface area contributed by atoms with Crippen molar-refractivity contribution in [3.8, 4) is 0 Å². The van der Waals surface area contributed by atoms with E-state index in [1.54, 1.807) is 38.4 Å². The van der Waals surface area contributed by atoms with Crippen LogP contribution in [0.15, 0.2) is 24.3 Å². The summed E-state index contributed by atoms with van der Waals surface area (Å²) in [7, 11) is 3.38. The summed E-state index contributed by atoms with van der Waals surface area (Å²) in [5, 5.41) is 6.13. The second kappa shape index (κ2) is 9.58. The largest absolute Gasteiger partial charge is 0.336 e. The number of carbonyl (C=O) groups is 2. The molecule has 2 amide bonds. The second-order valence-electron chi connectivity index (χ2n) is 4.16. The first-order chi connectivity index (χ1) is 9.02. The van der Waals surface area contributed by atoms with Crippen LogP contribution in [0, 0.1) is 0 Å². The van der Waals surface area contributed by atoms with E-state index in [1.165, 1.54) is 4.90 Å². The summed E-state index contributed by atoms with van der Waals surface area (Å²) in [4.78, 5) is 24.8. The Labute approximate surface area is 130 Å². The van der Waals surface area contributed by atoms with E-state index in [0.29, 0.717) is 23.7 Å². The van der Waals surface area contributed by atoms with Crippen LogP contribution in [0.3, 0.4) is 0 Å². The molecular formula is C13H19Cl2N3O2. The van der Waals surface area contributed by atoms with Gasteiger partial charge in [0.1, 0.15) is 0 Å². The lowest BCUT2D eigenvalue weighted by Crippen LogP contribution is -2.36. The highest BCUT2D eigenvalue weighted by atomic mass is 35.5. The SMILES string of the molecule is CNCCC(=O)N(C)CC(=O)Nc1cccc(Cl)c1.Cl. The van der Waals surface area contributed by atoms with E-state index < -0.39 is 0 Å². The number of anilines is 1. The molecule has 0 aliphatic rings. The smallest absolute Gasteiger partial charge is 0.243 e. The van der Waals surface area contributed by atoms with Crippen molar-refractivity contribution in [2.75, 3.05) is 32.5 Å². The normalized spacial score (nSPS) is 9.55. The summed E-state index contributed by atoms with van der Waals surface area (Å²) < 4.78 is 0. The van der Waals surface area contributed by atoms with Crippen LogP contribution in [0.5, 0.6) is 0 Å². The van der Waals surface area contributed by atoms with Gasteiger partial charge in [-0.2, -0.15) is 0 Å². The Bertz CT molecular complexity index is 455. The lowest BCUT2D eigenvalue weighted by molar-refractivity contribution is -0.133. The predicted molar refractivity (Wildman–Crippen MR) is 83.5 cm³/mol. The molecule has 0 aliphatic heterocycles. The summed E-state index contributed by atoms with van der Waals surface area (Å²) in [6.45, 7) is 0.619. The number of nitrogens with one attached hydrogen (secondary N) is 2. The van der Waals surface area contributed by atoms with Gasteiger partial charge in [0.15, 0.2) is 0 Å². The molecule has 0 saturated heterocycles. The van der Waals surface area contributed by atoms with Gasteiger partial charge < -0.3 is 15.5 Å². The van der Waals surface area contributed by atoms with Crippen LogP contribution in [-0.2, 0) is 9.59 Å². The van der Waals surface area contributed by atoms with Crippen molar-refractivity contribution < 1.29 is 9.59 Å². The first-order valence-corrected chi connectivity index (χ1v) is 6.34. The Balaban J connectivity index is 0.00000361. The maximum absolute atomic E-state index is 11.7. The molecule has 2 N–H and O–H groups in total. The summed E-state index contributed by atoms with van der Waals surface area (Å²) in [5.41, 5.74) is 0.619. The number of carbonyl (C=O) groups excluding carboxylic acids is 2. The molecule has 1 aromatic rings. The predicted octanol–water partition coefficient (Wildman–Crippen LogP) is 1.77. The molecule has 20 heavy (non-hydrogen) atoms. The number of rotatable bonds is 6. The molecule has 7 heteroatoms. The molecule has 0 saturated carbocycles.